The van der Waals surface area contributed by atoms with Crippen LogP contribution in [0.3, 0.4) is 0 Å². The van der Waals surface area contributed by atoms with Gasteiger partial charge in [-0.05, 0) is 12.1 Å². The summed E-state index contributed by atoms with van der Waals surface area (Å²) in [6.45, 7) is 9.98. The molecule has 0 aliphatic carbocycles. The Labute approximate surface area is 173 Å². The van der Waals surface area contributed by atoms with Crippen LogP contribution in [-0.2, 0) is 12.0 Å². The predicted octanol–water partition coefficient (Wildman–Crippen LogP) is 3.51. The van der Waals surface area contributed by atoms with Crippen LogP contribution in [0.1, 0.15) is 41.8 Å². The van der Waals surface area contributed by atoms with E-state index < -0.39 is 5.63 Å². The topological polar surface area (TPSA) is 66.7 Å². The molecule has 1 aliphatic rings. The van der Waals surface area contributed by atoms with Crippen molar-refractivity contribution in [2.45, 2.75) is 32.7 Å². The first-order chi connectivity index (χ1) is 13.8. The van der Waals surface area contributed by atoms with E-state index in [9.17, 15) is 9.59 Å². The number of amides is 1. The van der Waals surface area contributed by atoms with Crippen molar-refractivity contribution in [1.82, 2.24) is 14.8 Å². The average molecular weight is 412 g/mol. The molecule has 2 aromatic heterocycles. The molecule has 7 heteroatoms. The van der Waals surface area contributed by atoms with Crippen molar-refractivity contribution in [3.8, 4) is 0 Å². The zero-order valence-corrected chi connectivity index (χ0v) is 17.8. The van der Waals surface area contributed by atoms with Gasteiger partial charge in [0.15, 0.2) is 0 Å². The molecular weight excluding hydrogens is 386 g/mol. The van der Waals surface area contributed by atoms with Gasteiger partial charge in [0.1, 0.15) is 16.2 Å². The highest BCUT2D eigenvalue weighted by molar-refractivity contribution is 7.09. The maximum atomic E-state index is 12.9. The first-order valence-corrected chi connectivity index (χ1v) is 10.7. The van der Waals surface area contributed by atoms with E-state index in [0.29, 0.717) is 18.7 Å². The normalized spacial score (nSPS) is 15.8. The molecular formula is C22H25N3O3S. The lowest BCUT2D eigenvalue weighted by Crippen LogP contribution is -2.49. The molecule has 0 unspecified atom stereocenters. The molecule has 0 spiro atoms. The maximum absolute atomic E-state index is 12.9. The number of benzene rings is 1. The molecule has 0 atom stereocenters. The standard InChI is InChI=1S/C22H25N3O3S/c1-22(2,3)18-14-29-19(23-18)13-24-8-10-25(11-9-24)20(26)16-12-15-6-4-5-7-17(15)28-21(16)27/h4-7,12,14H,8-11,13H2,1-3H3. The van der Waals surface area contributed by atoms with Crippen LogP contribution in [0.25, 0.3) is 11.0 Å². The summed E-state index contributed by atoms with van der Waals surface area (Å²) in [5.74, 6) is -0.256. The summed E-state index contributed by atoms with van der Waals surface area (Å²) in [4.78, 5) is 34.0. The Morgan fingerprint density at radius 1 is 1.17 bits per heavy atom. The van der Waals surface area contributed by atoms with E-state index >= 15 is 0 Å². The van der Waals surface area contributed by atoms with Gasteiger partial charge < -0.3 is 9.32 Å². The van der Waals surface area contributed by atoms with Gasteiger partial charge in [0.2, 0.25) is 0 Å². The summed E-state index contributed by atoms with van der Waals surface area (Å²) in [5, 5.41) is 3.99. The molecule has 1 amide bonds. The highest BCUT2D eigenvalue weighted by atomic mass is 32.1. The molecule has 1 saturated heterocycles. The first kappa shape index (κ1) is 19.8. The van der Waals surface area contributed by atoms with Crippen molar-refractivity contribution >= 4 is 28.2 Å². The highest BCUT2D eigenvalue weighted by Crippen LogP contribution is 2.25. The molecule has 4 rings (SSSR count). The van der Waals surface area contributed by atoms with Crippen LogP contribution >= 0.6 is 11.3 Å². The van der Waals surface area contributed by atoms with E-state index in [0.717, 1.165) is 35.7 Å². The highest BCUT2D eigenvalue weighted by Gasteiger charge is 2.26. The number of carbonyl (C=O) groups is 1. The van der Waals surface area contributed by atoms with Crippen molar-refractivity contribution in [1.29, 1.82) is 0 Å². The average Bonchev–Trinajstić information content (AvgIpc) is 3.16. The van der Waals surface area contributed by atoms with E-state index in [1.165, 1.54) is 0 Å². The first-order valence-electron chi connectivity index (χ1n) is 9.81. The largest absolute Gasteiger partial charge is 0.422 e. The molecule has 3 heterocycles. The van der Waals surface area contributed by atoms with E-state index in [1.54, 1.807) is 34.4 Å². The Balaban J connectivity index is 1.41. The molecule has 1 fully saturated rings. The molecule has 0 N–H and O–H groups in total. The van der Waals surface area contributed by atoms with Gasteiger partial charge in [-0.3, -0.25) is 9.69 Å². The van der Waals surface area contributed by atoms with Crippen LogP contribution in [0.4, 0.5) is 0 Å². The van der Waals surface area contributed by atoms with Crippen molar-refractivity contribution in [3.05, 3.63) is 62.4 Å². The minimum atomic E-state index is -0.575. The number of aromatic nitrogens is 1. The molecule has 152 valence electrons. The summed E-state index contributed by atoms with van der Waals surface area (Å²) < 4.78 is 5.31. The van der Waals surface area contributed by atoms with E-state index in [2.05, 4.69) is 31.1 Å². The number of hydrogen-bond acceptors (Lipinski definition) is 6. The number of nitrogens with zero attached hydrogens (tertiary/aromatic N) is 3. The van der Waals surface area contributed by atoms with Crippen molar-refractivity contribution in [2.24, 2.45) is 0 Å². The van der Waals surface area contributed by atoms with Gasteiger partial charge in [-0.2, -0.15) is 0 Å². The molecule has 0 bridgehead atoms. The van der Waals surface area contributed by atoms with Crippen LogP contribution in [0, 0.1) is 0 Å². The fraction of sp³-hybridized carbons (Fsp3) is 0.409. The molecule has 0 radical (unpaired) electrons. The Bertz CT molecular complexity index is 1090. The maximum Gasteiger partial charge on any atom is 0.349 e. The predicted molar refractivity (Wildman–Crippen MR) is 114 cm³/mol. The summed E-state index contributed by atoms with van der Waals surface area (Å²) >= 11 is 1.69. The number of piperazine rings is 1. The number of carbonyl (C=O) groups excluding carboxylic acids is 1. The fourth-order valence-electron chi connectivity index (χ4n) is 3.41. The lowest BCUT2D eigenvalue weighted by atomic mass is 9.93. The molecule has 1 aliphatic heterocycles. The monoisotopic (exact) mass is 411 g/mol. The van der Waals surface area contributed by atoms with Gasteiger partial charge in [0.05, 0.1) is 12.2 Å². The van der Waals surface area contributed by atoms with Gasteiger partial charge in [0, 0.05) is 42.4 Å². The zero-order valence-electron chi connectivity index (χ0n) is 17.0. The third-order valence-electron chi connectivity index (χ3n) is 5.21. The minimum Gasteiger partial charge on any atom is -0.422 e. The molecule has 29 heavy (non-hydrogen) atoms. The second kappa shape index (κ2) is 7.72. The molecule has 3 aromatic rings. The smallest absolute Gasteiger partial charge is 0.349 e. The summed E-state index contributed by atoms with van der Waals surface area (Å²) in [6, 6.07) is 8.87. The third kappa shape index (κ3) is 4.26. The SMILES string of the molecule is CC(C)(C)c1csc(CN2CCN(C(=O)c3cc4ccccc4oc3=O)CC2)n1. The molecule has 0 saturated carbocycles. The van der Waals surface area contributed by atoms with Gasteiger partial charge in [-0.15, -0.1) is 11.3 Å². The van der Waals surface area contributed by atoms with Crippen LogP contribution in [0.2, 0.25) is 0 Å². The van der Waals surface area contributed by atoms with Crippen molar-refractivity contribution < 1.29 is 9.21 Å². The van der Waals surface area contributed by atoms with Gasteiger partial charge in [0.25, 0.3) is 5.91 Å². The van der Waals surface area contributed by atoms with E-state index in [4.69, 9.17) is 9.40 Å². The lowest BCUT2D eigenvalue weighted by molar-refractivity contribution is 0.0624. The Kier molecular flexibility index (Phi) is 5.27. The van der Waals surface area contributed by atoms with Crippen molar-refractivity contribution in [2.75, 3.05) is 26.2 Å². The summed E-state index contributed by atoms with van der Waals surface area (Å²) in [6.07, 6.45) is 0. The Morgan fingerprint density at radius 2 is 1.90 bits per heavy atom. The molecule has 1 aromatic carbocycles. The summed E-state index contributed by atoms with van der Waals surface area (Å²) in [7, 11) is 0. The number of para-hydroxylation sites is 1. The number of hydrogen-bond donors (Lipinski definition) is 0. The van der Waals surface area contributed by atoms with Crippen molar-refractivity contribution in [3.63, 3.8) is 0 Å². The zero-order chi connectivity index (χ0) is 20.6. The number of fused-ring (bicyclic) bond motifs is 1. The Hall–Kier alpha value is -2.51. The quantitative estimate of drug-likeness (QED) is 0.617. The minimum absolute atomic E-state index is 0.0564. The number of thiazole rings is 1. The second-order valence-corrected chi connectivity index (χ2v) is 9.37. The van der Waals surface area contributed by atoms with Crippen LogP contribution in [0.15, 0.2) is 44.9 Å². The van der Waals surface area contributed by atoms with Gasteiger partial charge >= 0.3 is 5.63 Å². The number of rotatable bonds is 3. The fourth-order valence-corrected chi connectivity index (χ4v) is 4.47. The van der Waals surface area contributed by atoms with Crippen LogP contribution in [-0.4, -0.2) is 46.9 Å². The van der Waals surface area contributed by atoms with E-state index in [-0.39, 0.29) is 16.9 Å². The lowest BCUT2D eigenvalue weighted by Gasteiger charge is -2.34. The van der Waals surface area contributed by atoms with Crippen LogP contribution in [0.5, 0.6) is 0 Å². The van der Waals surface area contributed by atoms with Gasteiger partial charge in [-0.1, -0.05) is 39.0 Å². The summed E-state index contributed by atoms with van der Waals surface area (Å²) in [5.41, 5.74) is 1.20. The second-order valence-electron chi connectivity index (χ2n) is 8.43. The molecule has 6 nitrogen and oxygen atoms in total. The van der Waals surface area contributed by atoms with E-state index in [1.807, 2.05) is 12.1 Å². The van der Waals surface area contributed by atoms with Crippen LogP contribution < -0.4 is 5.63 Å². The Morgan fingerprint density at radius 3 is 2.59 bits per heavy atom. The third-order valence-corrected chi connectivity index (χ3v) is 6.04. The van der Waals surface area contributed by atoms with Gasteiger partial charge in [-0.25, -0.2) is 9.78 Å².